The Balaban J connectivity index is 2.00. The van der Waals surface area contributed by atoms with Gasteiger partial charge in [0.25, 0.3) is 0 Å². The molecule has 20 heavy (non-hydrogen) atoms. The van der Waals surface area contributed by atoms with Crippen LogP contribution in [0.5, 0.6) is 5.75 Å². The Morgan fingerprint density at radius 3 is 2.85 bits per heavy atom. The van der Waals surface area contributed by atoms with Gasteiger partial charge in [0.2, 0.25) is 5.89 Å². The number of oxazole rings is 1. The number of aromatic nitrogens is 1. The van der Waals surface area contributed by atoms with Crippen LogP contribution in [0.1, 0.15) is 13.3 Å². The number of anilines is 1. The van der Waals surface area contributed by atoms with E-state index in [0.29, 0.717) is 29.3 Å². The molecule has 0 aliphatic rings. The lowest BCUT2D eigenvalue weighted by Gasteiger charge is -2.04. The van der Waals surface area contributed by atoms with Gasteiger partial charge in [0.05, 0.1) is 12.3 Å². The van der Waals surface area contributed by atoms with Crippen LogP contribution in [0.15, 0.2) is 46.9 Å². The number of benzene rings is 2. The quantitative estimate of drug-likeness (QED) is 0.730. The minimum absolute atomic E-state index is 0.555. The number of rotatable bonds is 4. The second kappa shape index (κ2) is 5.25. The molecule has 0 spiro atoms. The van der Waals surface area contributed by atoms with Gasteiger partial charge in [-0.1, -0.05) is 19.1 Å². The molecule has 3 rings (SSSR count). The van der Waals surface area contributed by atoms with Gasteiger partial charge in [-0.25, -0.2) is 4.98 Å². The molecular weight excluding hydrogens is 252 g/mol. The number of hydrogen-bond acceptors (Lipinski definition) is 4. The van der Waals surface area contributed by atoms with Crippen molar-refractivity contribution >= 4 is 16.8 Å². The Hall–Kier alpha value is -2.49. The summed E-state index contributed by atoms with van der Waals surface area (Å²) in [4.78, 5) is 4.46. The maximum absolute atomic E-state index is 5.90. The molecule has 2 N–H and O–H groups in total. The Labute approximate surface area is 117 Å². The fourth-order valence-electron chi connectivity index (χ4n) is 2.03. The number of nitrogens with zero attached hydrogens (tertiary/aromatic N) is 1. The predicted octanol–water partition coefficient (Wildman–Crippen LogP) is 3.87. The van der Waals surface area contributed by atoms with Crippen LogP contribution in [0.25, 0.3) is 22.6 Å². The molecule has 4 heteroatoms. The molecule has 3 aromatic rings. The molecule has 102 valence electrons. The highest BCUT2D eigenvalue weighted by Crippen LogP contribution is 2.29. The third-order valence-corrected chi connectivity index (χ3v) is 3.00. The van der Waals surface area contributed by atoms with E-state index in [4.69, 9.17) is 14.9 Å². The van der Waals surface area contributed by atoms with Crippen LogP contribution in [-0.4, -0.2) is 11.6 Å². The number of nitrogen functional groups attached to an aromatic ring is 1. The molecule has 0 radical (unpaired) electrons. The topological polar surface area (TPSA) is 61.3 Å². The summed E-state index contributed by atoms with van der Waals surface area (Å²) < 4.78 is 11.4. The molecule has 1 heterocycles. The highest BCUT2D eigenvalue weighted by atomic mass is 16.5. The van der Waals surface area contributed by atoms with Crippen molar-refractivity contribution in [2.75, 3.05) is 12.3 Å². The molecule has 0 atom stereocenters. The van der Waals surface area contributed by atoms with E-state index in [-0.39, 0.29) is 0 Å². The van der Waals surface area contributed by atoms with Crippen LogP contribution in [-0.2, 0) is 0 Å². The minimum Gasteiger partial charge on any atom is -0.494 e. The molecule has 2 aromatic carbocycles. The minimum atomic E-state index is 0.555. The van der Waals surface area contributed by atoms with Gasteiger partial charge in [-0.15, -0.1) is 0 Å². The lowest BCUT2D eigenvalue weighted by molar-refractivity contribution is 0.317. The highest BCUT2D eigenvalue weighted by Gasteiger charge is 2.10. The summed E-state index contributed by atoms with van der Waals surface area (Å²) in [6.45, 7) is 2.78. The smallest absolute Gasteiger partial charge is 0.227 e. The van der Waals surface area contributed by atoms with Gasteiger partial charge in [0, 0.05) is 5.56 Å². The van der Waals surface area contributed by atoms with Crippen LogP contribution in [0.2, 0.25) is 0 Å². The molecule has 0 aliphatic heterocycles. The molecular formula is C16H16N2O2. The standard InChI is InChI=1S/C16H16N2O2/c1-2-9-19-12-6-3-5-11(10-12)16-18-15-13(17)7-4-8-14(15)20-16/h3-8,10H,2,9,17H2,1H3. The highest BCUT2D eigenvalue weighted by molar-refractivity contribution is 5.87. The fourth-order valence-corrected chi connectivity index (χ4v) is 2.03. The maximum atomic E-state index is 5.90. The molecule has 0 unspecified atom stereocenters. The van der Waals surface area contributed by atoms with Crippen LogP contribution in [0, 0.1) is 0 Å². The first-order chi connectivity index (χ1) is 9.78. The van der Waals surface area contributed by atoms with Crippen molar-refractivity contribution in [2.45, 2.75) is 13.3 Å². The lowest BCUT2D eigenvalue weighted by Crippen LogP contribution is -1.94. The van der Waals surface area contributed by atoms with Gasteiger partial charge in [0.1, 0.15) is 11.3 Å². The summed E-state index contributed by atoms with van der Waals surface area (Å²) in [7, 11) is 0. The number of para-hydroxylation sites is 1. The fraction of sp³-hybridized carbons (Fsp3) is 0.188. The van der Waals surface area contributed by atoms with Crippen LogP contribution in [0.3, 0.4) is 0 Å². The maximum Gasteiger partial charge on any atom is 0.227 e. The van der Waals surface area contributed by atoms with Crippen molar-refractivity contribution in [2.24, 2.45) is 0 Å². The zero-order valence-corrected chi connectivity index (χ0v) is 11.3. The first-order valence-electron chi connectivity index (χ1n) is 6.66. The second-order valence-corrected chi connectivity index (χ2v) is 4.59. The summed E-state index contributed by atoms with van der Waals surface area (Å²) >= 11 is 0. The summed E-state index contributed by atoms with van der Waals surface area (Å²) in [5.41, 5.74) is 8.79. The molecule has 4 nitrogen and oxygen atoms in total. The summed E-state index contributed by atoms with van der Waals surface area (Å²) in [6.07, 6.45) is 0.976. The number of hydrogen-bond donors (Lipinski definition) is 1. The summed E-state index contributed by atoms with van der Waals surface area (Å²) in [5, 5.41) is 0. The summed E-state index contributed by atoms with van der Waals surface area (Å²) in [6, 6.07) is 13.3. The van der Waals surface area contributed by atoms with Crippen LogP contribution >= 0.6 is 0 Å². The Morgan fingerprint density at radius 2 is 2.05 bits per heavy atom. The van der Waals surface area contributed by atoms with E-state index in [1.54, 1.807) is 0 Å². The van der Waals surface area contributed by atoms with Gasteiger partial charge in [0.15, 0.2) is 5.58 Å². The van der Waals surface area contributed by atoms with Crippen molar-refractivity contribution in [3.05, 3.63) is 42.5 Å². The van der Waals surface area contributed by atoms with E-state index in [1.165, 1.54) is 0 Å². The number of nitrogens with two attached hydrogens (primary N) is 1. The van der Waals surface area contributed by atoms with Gasteiger partial charge < -0.3 is 14.9 Å². The van der Waals surface area contributed by atoms with E-state index in [2.05, 4.69) is 11.9 Å². The average molecular weight is 268 g/mol. The number of ether oxygens (including phenoxy) is 1. The molecule has 0 amide bonds. The average Bonchev–Trinajstić information content (AvgIpc) is 2.91. The van der Waals surface area contributed by atoms with Gasteiger partial charge in [-0.05, 0) is 36.8 Å². The van der Waals surface area contributed by atoms with E-state index >= 15 is 0 Å². The van der Waals surface area contributed by atoms with Crippen molar-refractivity contribution < 1.29 is 9.15 Å². The van der Waals surface area contributed by atoms with Crippen LogP contribution in [0.4, 0.5) is 5.69 Å². The molecule has 0 aliphatic carbocycles. The van der Waals surface area contributed by atoms with E-state index in [9.17, 15) is 0 Å². The Bertz CT molecular complexity index is 734. The Kier molecular flexibility index (Phi) is 3.29. The first-order valence-corrected chi connectivity index (χ1v) is 6.66. The third-order valence-electron chi connectivity index (χ3n) is 3.00. The second-order valence-electron chi connectivity index (χ2n) is 4.59. The normalized spacial score (nSPS) is 10.8. The van der Waals surface area contributed by atoms with Crippen LogP contribution < -0.4 is 10.5 Å². The van der Waals surface area contributed by atoms with Gasteiger partial charge in [-0.3, -0.25) is 0 Å². The Morgan fingerprint density at radius 1 is 1.20 bits per heavy atom. The molecule has 0 fully saturated rings. The van der Waals surface area contributed by atoms with Gasteiger partial charge >= 0.3 is 0 Å². The van der Waals surface area contributed by atoms with Gasteiger partial charge in [-0.2, -0.15) is 0 Å². The number of fused-ring (bicyclic) bond motifs is 1. The lowest BCUT2D eigenvalue weighted by atomic mass is 10.2. The largest absolute Gasteiger partial charge is 0.494 e. The summed E-state index contributed by atoms with van der Waals surface area (Å²) in [5.74, 6) is 1.37. The zero-order valence-electron chi connectivity index (χ0n) is 11.3. The van der Waals surface area contributed by atoms with E-state index in [1.807, 2.05) is 42.5 Å². The van der Waals surface area contributed by atoms with E-state index < -0.39 is 0 Å². The first kappa shape index (κ1) is 12.5. The van der Waals surface area contributed by atoms with Crippen molar-refractivity contribution in [1.29, 1.82) is 0 Å². The monoisotopic (exact) mass is 268 g/mol. The van der Waals surface area contributed by atoms with Crippen molar-refractivity contribution in [1.82, 2.24) is 4.98 Å². The molecule has 0 saturated heterocycles. The SMILES string of the molecule is CCCOc1cccc(-c2nc3c(N)cccc3o2)c1. The third kappa shape index (κ3) is 2.32. The van der Waals surface area contributed by atoms with Crippen molar-refractivity contribution in [3.8, 4) is 17.2 Å². The molecule has 1 aromatic heterocycles. The zero-order chi connectivity index (χ0) is 13.9. The predicted molar refractivity (Wildman–Crippen MR) is 79.6 cm³/mol. The molecule has 0 saturated carbocycles. The van der Waals surface area contributed by atoms with Crippen molar-refractivity contribution in [3.63, 3.8) is 0 Å². The van der Waals surface area contributed by atoms with E-state index in [0.717, 1.165) is 17.7 Å². The molecule has 0 bridgehead atoms.